The van der Waals surface area contributed by atoms with Crippen LogP contribution in [0.25, 0.3) is 43.1 Å². The van der Waals surface area contributed by atoms with Gasteiger partial charge in [0.25, 0.3) is 0 Å². The summed E-state index contributed by atoms with van der Waals surface area (Å²) in [5.41, 5.74) is 2.86. The van der Waals surface area contributed by atoms with Gasteiger partial charge in [-0.25, -0.2) is 0 Å². The van der Waals surface area contributed by atoms with E-state index in [1.807, 2.05) is 0 Å². The van der Waals surface area contributed by atoms with Crippen LogP contribution in [0.4, 0.5) is 0 Å². The van der Waals surface area contributed by atoms with Crippen LogP contribution in [0.15, 0.2) is 109 Å². The van der Waals surface area contributed by atoms with Crippen LogP contribution in [-0.2, 0) is 12.8 Å². The number of hydrogen-bond donors (Lipinski definition) is 0. The van der Waals surface area contributed by atoms with Crippen LogP contribution in [0, 0.1) is 0 Å². The Morgan fingerprint density at radius 3 is 1.10 bits per heavy atom. The zero-order valence-electron chi connectivity index (χ0n) is 16.8. The van der Waals surface area contributed by atoms with Crippen molar-refractivity contribution in [2.24, 2.45) is 0 Å². The third kappa shape index (κ3) is 2.76. The molecule has 0 aromatic heterocycles. The van der Waals surface area contributed by atoms with Gasteiger partial charge in [0.2, 0.25) is 0 Å². The number of fused-ring (bicyclic) bond motifs is 6. The molecule has 6 rings (SSSR count). The molecule has 0 spiro atoms. The van der Waals surface area contributed by atoms with Gasteiger partial charge in [0.05, 0.1) is 0 Å². The lowest BCUT2D eigenvalue weighted by atomic mass is 9.91. The van der Waals surface area contributed by atoms with Gasteiger partial charge in [0.15, 0.2) is 0 Å². The van der Waals surface area contributed by atoms with Crippen molar-refractivity contribution in [3.63, 3.8) is 0 Å². The molecule has 6 aromatic carbocycles. The van der Waals surface area contributed by atoms with Crippen LogP contribution in [0.1, 0.15) is 11.1 Å². The maximum atomic E-state index is 2.39. The molecule has 0 amide bonds. The van der Waals surface area contributed by atoms with E-state index in [0.717, 1.165) is 12.8 Å². The Balaban J connectivity index is 1.49. The molecule has 0 atom stereocenters. The molecule has 142 valence electrons. The van der Waals surface area contributed by atoms with E-state index in [0.29, 0.717) is 0 Å². The highest BCUT2D eigenvalue weighted by molar-refractivity contribution is 6.10. The van der Waals surface area contributed by atoms with Crippen molar-refractivity contribution in [1.82, 2.24) is 0 Å². The van der Waals surface area contributed by atoms with Crippen molar-refractivity contribution >= 4 is 43.1 Å². The van der Waals surface area contributed by atoms with Crippen molar-refractivity contribution in [2.75, 3.05) is 0 Å². The molecule has 0 unspecified atom stereocenters. The summed E-state index contributed by atoms with van der Waals surface area (Å²) in [5.74, 6) is 0. The van der Waals surface area contributed by atoms with E-state index in [1.165, 1.54) is 54.2 Å². The Morgan fingerprint density at radius 2 is 0.667 bits per heavy atom. The Bertz CT molecular complexity index is 1420. The summed E-state index contributed by atoms with van der Waals surface area (Å²) in [6, 6.07) is 39.9. The summed E-state index contributed by atoms with van der Waals surface area (Å²) in [7, 11) is 0. The topological polar surface area (TPSA) is 0 Å². The van der Waals surface area contributed by atoms with E-state index in [9.17, 15) is 0 Å². The van der Waals surface area contributed by atoms with Crippen LogP contribution in [0.2, 0.25) is 0 Å². The fraction of sp³-hybridized carbons (Fsp3) is 0.0667. The minimum Gasteiger partial charge on any atom is -0.0616 e. The Kier molecular flexibility index (Phi) is 4.02. The molecule has 0 heteroatoms. The summed E-state index contributed by atoms with van der Waals surface area (Å²) in [6.45, 7) is 0. The fourth-order valence-corrected chi connectivity index (χ4v) is 4.95. The average molecular weight is 383 g/mol. The first-order valence-electron chi connectivity index (χ1n) is 10.7. The highest BCUT2D eigenvalue weighted by Gasteiger charge is 2.09. The van der Waals surface area contributed by atoms with Crippen LogP contribution in [0.5, 0.6) is 0 Å². The summed E-state index contributed by atoms with van der Waals surface area (Å²) in [5, 5.41) is 10.8. The second-order valence-electron chi connectivity index (χ2n) is 8.10. The molecule has 0 aliphatic heterocycles. The highest BCUT2D eigenvalue weighted by Crippen LogP contribution is 2.32. The molecule has 6 aromatic rings. The monoisotopic (exact) mass is 382 g/mol. The molecule has 0 nitrogen and oxygen atoms in total. The SMILES string of the molecule is c1ccc2c(c1)cc(CCc1cc3ccccc3c3ccccc13)c1ccccc12. The van der Waals surface area contributed by atoms with Gasteiger partial charge < -0.3 is 0 Å². The van der Waals surface area contributed by atoms with Gasteiger partial charge >= 0.3 is 0 Å². The molecule has 0 radical (unpaired) electrons. The molecule has 0 heterocycles. The van der Waals surface area contributed by atoms with Crippen LogP contribution < -0.4 is 0 Å². The first kappa shape index (κ1) is 17.2. The van der Waals surface area contributed by atoms with Gasteiger partial charge in [0.1, 0.15) is 0 Å². The molecule has 0 bridgehead atoms. The normalized spacial score (nSPS) is 11.6. The fourth-order valence-electron chi connectivity index (χ4n) is 4.95. The van der Waals surface area contributed by atoms with E-state index in [1.54, 1.807) is 0 Å². The van der Waals surface area contributed by atoms with Gasteiger partial charge in [0, 0.05) is 0 Å². The van der Waals surface area contributed by atoms with Crippen molar-refractivity contribution in [3.05, 3.63) is 120 Å². The van der Waals surface area contributed by atoms with Gasteiger partial charge in [-0.15, -0.1) is 0 Å². The molecular weight excluding hydrogens is 360 g/mol. The minimum absolute atomic E-state index is 1.04. The quantitative estimate of drug-likeness (QED) is 0.271. The van der Waals surface area contributed by atoms with E-state index in [2.05, 4.69) is 109 Å². The maximum absolute atomic E-state index is 2.39. The van der Waals surface area contributed by atoms with Crippen LogP contribution >= 0.6 is 0 Å². The maximum Gasteiger partial charge on any atom is -0.0103 e. The number of rotatable bonds is 3. The van der Waals surface area contributed by atoms with Crippen molar-refractivity contribution in [3.8, 4) is 0 Å². The standard InChI is InChI=1S/C30H22/c1-3-11-25-21(9-1)19-23(27-13-5-7-15-29(25)27)17-18-24-20-22-10-2-4-12-26(22)30-16-8-6-14-28(24)30/h1-16,19-20H,17-18H2. The van der Waals surface area contributed by atoms with E-state index < -0.39 is 0 Å². The lowest BCUT2D eigenvalue weighted by Gasteiger charge is -2.13. The molecule has 0 aliphatic carbocycles. The van der Waals surface area contributed by atoms with E-state index in [4.69, 9.17) is 0 Å². The zero-order chi connectivity index (χ0) is 19.9. The van der Waals surface area contributed by atoms with Crippen LogP contribution in [0.3, 0.4) is 0 Å². The second kappa shape index (κ2) is 7.00. The Hall–Kier alpha value is -3.64. The average Bonchev–Trinajstić information content (AvgIpc) is 2.82. The predicted octanol–water partition coefficient (Wildman–Crippen LogP) is 8.08. The summed E-state index contributed by atoms with van der Waals surface area (Å²) >= 11 is 0. The van der Waals surface area contributed by atoms with E-state index >= 15 is 0 Å². The third-order valence-corrected chi connectivity index (χ3v) is 6.37. The lowest BCUT2D eigenvalue weighted by Crippen LogP contribution is -1.95. The minimum atomic E-state index is 1.04. The number of hydrogen-bond acceptors (Lipinski definition) is 0. The molecule has 0 N–H and O–H groups in total. The van der Waals surface area contributed by atoms with Gasteiger partial charge in [-0.1, -0.05) is 109 Å². The zero-order valence-corrected chi connectivity index (χ0v) is 16.8. The largest absolute Gasteiger partial charge is 0.0616 e. The first-order chi connectivity index (χ1) is 14.9. The summed E-state index contributed by atoms with van der Waals surface area (Å²) in [6.07, 6.45) is 2.07. The lowest BCUT2D eigenvalue weighted by molar-refractivity contribution is 0.982. The molecule has 0 saturated carbocycles. The van der Waals surface area contributed by atoms with Gasteiger partial charge in [-0.05, 0) is 67.1 Å². The third-order valence-electron chi connectivity index (χ3n) is 6.37. The number of aryl methyl sites for hydroxylation is 2. The first-order valence-corrected chi connectivity index (χ1v) is 10.7. The van der Waals surface area contributed by atoms with E-state index in [-0.39, 0.29) is 0 Å². The van der Waals surface area contributed by atoms with Crippen LogP contribution in [-0.4, -0.2) is 0 Å². The predicted molar refractivity (Wildman–Crippen MR) is 130 cm³/mol. The van der Waals surface area contributed by atoms with Gasteiger partial charge in [-0.3, -0.25) is 0 Å². The second-order valence-corrected chi connectivity index (χ2v) is 8.10. The molecule has 0 aliphatic rings. The molecule has 0 saturated heterocycles. The summed E-state index contributed by atoms with van der Waals surface area (Å²) < 4.78 is 0. The smallest absolute Gasteiger partial charge is 0.0103 e. The molecule has 0 fully saturated rings. The van der Waals surface area contributed by atoms with Crippen molar-refractivity contribution in [1.29, 1.82) is 0 Å². The number of benzene rings is 6. The summed E-state index contributed by atoms with van der Waals surface area (Å²) in [4.78, 5) is 0. The van der Waals surface area contributed by atoms with Crippen molar-refractivity contribution in [2.45, 2.75) is 12.8 Å². The highest BCUT2D eigenvalue weighted by atomic mass is 14.1. The Morgan fingerprint density at radius 1 is 0.333 bits per heavy atom. The molecule has 30 heavy (non-hydrogen) atoms. The van der Waals surface area contributed by atoms with Gasteiger partial charge in [-0.2, -0.15) is 0 Å². The molecular formula is C30H22. The van der Waals surface area contributed by atoms with Crippen molar-refractivity contribution < 1.29 is 0 Å². The Labute approximate surface area is 176 Å².